The lowest BCUT2D eigenvalue weighted by atomic mass is 10.0. The van der Waals surface area contributed by atoms with Gasteiger partial charge in [-0.3, -0.25) is 0 Å². The first-order chi connectivity index (χ1) is 14.5. The van der Waals surface area contributed by atoms with Crippen molar-refractivity contribution in [1.29, 1.82) is 0 Å². The molecular weight excluding hydrogens is 382 g/mol. The van der Waals surface area contributed by atoms with Crippen LogP contribution in [-0.4, -0.2) is 48.1 Å². The largest absolute Gasteiger partial charge is 0.447 e. The number of hydrogen-bond acceptors (Lipinski definition) is 6. The number of aliphatic imine (C=N–C) groups is 1. The van der Waals surface area contributed by atoms with Crippen LogP contribution in [0.1, 0.15) is 32.3 Å². The smallest absolute Gasteiger partial charge is 0.407 e. The molecule has 1 saturated heterocycles. The van der Waals surface area contributed by atoms with Crippen molar-refractivity contribution >= 4 is 28.7 Å². The van der Waals surface area contributed by atoms with Crippen LogP contribution in [0.2, 0.25) is 0 Å². The minimum absolute atomic E-state index is 0.0659. The second-order valence-corrected chi connectivity index (χ2v) is 7.76. The van der Waals surface area contributed by atoms with E-state index in [-0.39, 0.29) is 18.2 Å². The van der Waals surface area contributed by atoms with Crippen LogP contribution in [0.15, 0.2) is 59.4 Å². The van der Waals surface area contributed by atoms with E-state index in [0.717, 1.165) is 29.2 Å². The fourth-order valence-corrected chi connectivity index (χ4v) is 3.69. The van der Waals surface area contributed by atoms with Gasteiger partial charge in [0.05, 0.1) is 6.10 Å². The molecule has 1 N–H and O–H groups in total. The summed E-state index contributed by atoms with van der Waals surface area (Å²) in [7, 11) is 0. The third kappa shape index (κ3) is 4.45. The molecule has 0 spiro atoms. The van der Waals surface area contributed by atoms with Gasteiger partial charge < -0.3 is 19.7 Å². The number of nitrogens with one attached hydrogen (secondary N) is 1. The molecule has 7 nitrogen and oxygen atoms in total. The fraction of sp³-hybridized carbons (Fsp3) is 0.348. The number of esters is 1. The summed E-state index contributed by atoms with van der Waals surface area (Å²) in [6.45, 7) is 5.06. The Hall–Kier alpha value is -3.35. The third-order valence-electron chi connectivity index (χ3n) is 5.14. The number of alkyl carbamates (subject to hydrolysis) is 1. The maximum Gasteiger partial charge on any atom is 0.407 e. The number of cyclic esters (lactones) is 1. The molecule has 1 amide bonds. The van der Waals surface area contributed by atoms with E-state index in [1.54, 1.807) is 6.20 Å². The van der Waals surface area contributed by atoms with E-state index in [0.29, 0.717) is 24.7 Å². The predicted molar refractivity (Wildman–Crippen MR) is 114 cm³/mol. The van der Waals surface area contributed by atoms with Gasteiger partial charge in [0.2, 0.25) is 5.90 Å². The van der Waals surface area contributed by atoms with Gasteiger partial charge in [-0.05, 0) is 43.5 Å². The Kier molecular flexibility index (Phi) is 5.70. The van der Waals surface area contributed by atoms with Crippen molar-refractivity contribution in [2.45, 2.75) is 38.8 Å². The quantitative estimate of drug-likeness (QED) is 0.619. The fourth-order valence-electron chi connectivity index (χ4n) is 3.69. The average Bonchev–Trinajstić information content (AvgIpc) is 3.08. The molecule has 2 heterocycles. The van der Waals surface area contributed by atoms with Crippen LogP contribution in [0.25, 0.3) is 10.8 Å². The topological polar surface area (TPSA) is 80.2 Å². The van der Waals surface area contributed by atoms with Crippen LogP contribution in [-0.2, 0) is 14.3 Å². The number of benzene rings is 2. The van der Waals surface area contributed by atoms with E-state index in [2.05, 4.69) is 10.3 Å². The number of amides is 1. The van der Waals surface area contributed by atoms with Gasteiger partial charge in [0.15, 0.2) is 5.70 Å². The molecule has 0 aromatic heterocycles. The predicted octanol–water partition coefficient (Wildman–Crippen LogP) is 3.58. The van der Waals surface area contributed by atoms with E-state index in [1.165, 1.54) is 0 Å². The Bertz CT molecular complexity index is 1010. The van der Waals surface area contributed by atoms with Gasteiger partial charge in [0, 0.05) is 30.9 Å². The maximum absolute atomic E-state index is 12.4. The van der Waals surface area contributed by atoms with Crippen molar-refractivity contribution in [1.82, 2.24) is 10.2 Å². The first kappa shape index (κ1) is 19.9. The van der Waals surface area contributed by atoms with Gasteiger partial charge in [-0.15, -0.1) is 0 Å². The molecule has 2 aromatic rings. The molecule has 0 aliphatic carbocycles. The Balaban J connectivity index is 1.43. The highest BCUT2D eigenvalue weighted by molar-refractivity contribution is 6.16. The summed E-state index contributed by atoms with van der Waals surface area (Å²) < 4.78 is 10.6. The summed E-state index contributed by atoms with van der Waals surface area (Å²) in [4.78, 5) is 30.6. The number of carbonyl (C=O) groups excluding carboxylic acids is 2. The Morgan fingerprint density at radius 1 is 1.20 bits per heavy atom. The Morgan fingerprint density at radius 2 is 1.93 bits per heavy atom. The number of likely N-dealkylation sites (tertiary alicyclic amines) is 1. The normalized spacial score (nSPS) is 18.6. The second kappa shape index (κ2) is 8.57. The number of nitrogens with zero attached hydrogens (tertiary/aromatic N) is 2. The minimum Gasteiger partial charge on any atom is -0.447 e. The van der Waals surface area contributed by atoms with E-state index in [1.807, 2.05) is 61.2 Å². The molecule has 2 aromatic carbocycles. The summed E-state index contributed by atoms with van der Waals surface area (Å²) >= 11 is 0. The van der Waals surface area contributed by atoms with Crippen LogP contribution in [0.3, 0.4) is 0 Å². The van der Waals surface area contributed by atoms with Crippen molar-refractivity contribution in [2.75, 3.05) is 13.1 Å². The van der Waals surface area contributed by atoms with E-state index in [9.17, 15) is 9.59 Å². The zero-order chi connectivity index (χ0) is 21.1. The second-order valence-electron chi connectivity index (χ2n) is 7.76. The van der Waals surface area contributed by atoms with Gasteiger partial charge in [0.25, 0.3) is 0 Å². The molecule has 0 saturated carbocycles. The minimum atomic E-state index is -0.446. The van der Waals surface area contributed by atoms with Gasteiger partial charge in [-0.1, -0.05) is 36.4 Å². The standard InChI is InChI=1S/C23H25N3O4/c1-15(2)29-23(28)24-17-10-12-26(13-11-17)14-20-22(27)30-21(25-20)19-9-5-7-16-6-3-4-8-18(16)19/h3-9,14-15,17H,10-13H2,1-2H3,(H,24,28)/b20-14+. The zero-order valence-corrected chi connectivity index (χ0v) is 17.1. The number of carbonyl (C=O) groups is 2. The molecule has 7 heteroatoms. The average molecular weight is 407 g/mol. The summed E-state index contributed by atoms with van der Waals surface area (Å²) in [6.07, 6.45) is 2.77. The van der Waals surface area contributed by atoms with Crippen LogP contribution in [0.5, 0.6) is 0 Å². The summed E-state index contributed by atoms with van der Waals surface area (Å²) in [6, 6.07) is 13.9. The van der Waals surface area contributed by atoms with Gasteiger partial charge >= 0.3 is 12.1 Å². The lowest BCUT2D eigenvalue weighted by Crippen LogP contribution is -2.43. The van der Waals surface area contributed by atoms with Gasteiger partial charge in [0.1, 0.15) is 0 Å². The van der Waals surface area contributed by atoms with Crippen molar-refractivity contribution in [3.63, 3.8) is 0 Å². The maximum atomic E-state index is 12.4. The molecule has 0 atom stereocenters. The van der Waals surface area contributed by atoms with Crippen molar-refractivity contribution in [3.8, 4) is 0 Å². The zero-order valence-electron chi connectivity index (χ0n) is 17.1. The van der Waals surface area contributed by atoms with Crippen molar-refractivity contribution in [3.05, 3.63) is 59.9 Å². The van der Waals surface area contributed by atoms with E-state index < -0.39 is 5.97 Å². The molecule has 0 unspecified atom stereocenters. The highest BCUT2D eigenvalue weighted by Gasteiger charge is 2.27. The molecule has 0 bridgehead atoms. The lowest BCUT2D eigenvalue weighted by Gasteiger charge is -2.31. The number of hydrogen-bond donors (Lipinski definition) is 1. The van der Waals surface area contributed by atoms with Gasteiger partial charge in [-0.2, -0.15) is 0 Å². The van der Waals surface area contributed by atoms with Crippen LogP contribution < -0.4 is 5.32 Å². The van der Waals surface area contributed by atoms with Crippen LogP contribution in [0, 0.1) is 0 Å². The molecule has 156 valence electrons. The Morgan fingerprint density at radius 3 is 2.70 bits per heavy atom. The third-order valence-corrected chi connectivity index (χ3v) is 5.14. The van der Waals surface area contributed by atoms with Gasteiger partial charge in [-0.25, -0.2) is 14.6 Å². The monoisotopic (exact) mass is 407 g/mol. The molecule has 0 radical (unpaired) electrons. The summed E-state index contributed by atoms with van der Waals surface area (Å²) in [5.74, 6) is -0.116. The van der Waals surface area contributed by atoms with Crippen molar-refractivity contribution in [2.24, 2.45) is 4.99 Å². The van der Waals surface area contributed by atoms with Crippen LogP contribution >= 0.6 is 0 Å². The SMILES string of the molecule is CC(C)OC(=O)NC1CCN(/C=C2/N=C(c3cccc4ccccc34)OC2=O)CC1. The molecule has 2 aliphatic rings. The highest BCUT2D eigenvalue weighted by atomic mass is 16.6. The molecular formula is C23H25N3O4. The number of fused-ring (bicyclic) bond motifs is 1. The summed E-state index contributed by atoms with van der Waals surface area (Å²) in [5.41, 5.74) is 1.10. The first-order valence-corrected chi connectivity index (χ1v) is 10.2. The Labute approximate surface area is 175 Å². The highest BCUT2D eigenvalue weighted by Crippen LogP contribution is 2.24. The molecule has 4 rings (SSSR count). The molecule has 1 fully saturated rings. The van der Waals surface area contributed by atoms with E-state index in [4.69, 9.17) is 9.47 Å². The first-order valence-electron chi connectivity index (χ1n) is 10.2. The lowest BCUT2D eigenvalue weighted by molar-refractivity contribution is -0.130. The van der Waals surface area contributed by atoms with Crippen molar-refractivity contribution < 1.29 is 19.1 Å². The number of piperidine rings is 1. The van der Waals surface area contributed by atoms with E-state index >= 15 is 0 Å². The summed E-state index contributed by atoms with van der Waals surface area (Å²) in [5, 5.41) is 4.95. The number of ether oxygens (including phenoxy) is 2. The molecule has 2 aliphatic heterocycles. The molecule has 30 heavy (non-hydrogen) atoms. The van der Waals surface area contributed by atoms with Crippen LogP contribution in [0.4, 0.5) is 4.79 Å². The number of rotatable bonds is 4.